The zero-order chi connectivity index (χ0) is 18.1. The molecule has 0 saturated heterocycles. The van der Waals surface area contributed by atoms with Crippen molar-refractivity contribution in [2.24, 2.45) is 0 Å². The summed E-state index contributed by atoms with van der Waals surface area (Å²) >= 11 is 13.0. The minimum Gasteiger partial charge on any atom is -0.465 e. The average molecular weight is 395 g/mol. The maximum atomic E-state index is 11.5. The van der Waals surface area contributed by atoms with Crippen LogP contribution in [0.1, 0.15) is 15.9 Å². The van der Waals surface area contributed by atoms with Crippen LogP contribution in [0.25, 0.3) is 0 Å². The molecule has 0 spiro atoms. The molecule has 2 N–H and O–H groups in total. The third-order valence-corrected chi connectivity index (χ3v) is 4.74. The number of carbonyl (C=O) groups excluding carboxylic acids is 1. The Morgan fingerprint density at radius 2 is 2.04 bits per heavy atom. The maximum absolute atomic E-state index is 11.5. The molecular formula is C18H19ClN2O2S2. The number of nitrogens with one attached hydrogen (secondary N) is 2. The molecule has 0 unspecified atom stereocenters. The van der Waals surface area contributed by atoms with E-state index in [0.29, 0.717) is 10.7 Å². The normalized spacial score (nSPS) is 10.2. The summed E-state index contributed by atoms with van der Waals surface area (Å²) in [6.07, 6.45) is 0. The van der Waals surface area contributed by atoms with Gasteiger partial charge in [0.15, 0.2) is 5.11 Å². The molecule has 0 aliphatic rings. The predicted molar refractivity (Wildman–Crippen MR) is 110 cm³/mol. The first-order valence-electron chi connectivity index (χ1n) is 7.64. The number of thioether (sulfide) groups is 1. The number of esters is 1. The molecular weight excluding hydrogens is 376 g/mol. The quantitative estimate of drug-likeness (QED) is 0.413. The second-order valence-corrected chi connectivity index (χ2v) is 7.09. The topological polar surface area (TPSA) is 50.4 Å². The van der Waals surface area contributed by atoms with Crippen molar-refractivity contribution in [2.75, 3.05) is 24.7 Å². The second-order valence-electron chi connectivity index (χ2n) is 5.14. The summed E-state index contributed by atoms with van der Waals surface area (Å²) in [6, 6.07) is 14.9. The van der Waals surface area contributed by atoms with E-state index in [1.54, 1.807) is 30.0 Å². The third-order valence-electron chi connectivity index (χ3n) is 3.23. The summed E-state index contributed by atoms with van der Waals surface area (Å²) in [5.74, 6) is 1.44. The molecule has 0 aliphatic heterocycles. The number of methoxy groups -OCH3 is 1. The van der Waals surface area contributed by atoms with Gasteiger partial charge in [0.1, 0.15) is 0 Å². The lowest BCUT2D eigenvalue weighted by molar-refractivity contribution is 0.0601. The Balaban J connectivity index is 1.69. The zero-order valence-electron chi connectivity index (χ0n) is 13.8. The van der Waals surface area contributed by atoms with Gasteiger partial charge in [0, 0.05) is 28.8 Å². The molecule has 0 aromatic heterocycles. The van der Waals surface area contributed by atoms with Crippen LogP contribution >= 0.6 is 35.6 Å². The number of anilines is 1. The van der Waals surface area contributed by atoms with Crippen LogP contribution in [0.2, 0.25) is 5.02 Å². The summed E-state index contributed by atoms with van der Waals surface area (Å²) in [5, 5.41) is 7.49. The number of rotatable bonds is 7. The van der Waals surface area contributed by atoms with Gasteiger partial charge >= 0.3 is 5.97 Å². The SMILES string of the molecule is COC(=O)c1cccc(NC(=S)NCCSCc2cccc(Cl)c2)c1. The van der Waals surface area contributed by atoms with Gasteiger partial charge in [-0.1, -0.05) is 29.8 Å². The van der Waals surface area contributed by atoms with E-state index >= 15 is 0 Å². The summed E-state index contributed by atoms with van der Waals surface area (Å²) in [7, 11) is 1.36. The van der Waals surface area contributed by atoms with Crippen LogP contribution in [0, 0.1) is 0 Å². The largest absolute Gasteiger partial charge is 0.465 e. The van der Waals surface area contributed by atoms with Crippen molar-refractivity contribution < 1.29 is 9.53 Å². The predicted octanol–water partition coefficient (Wildman–Crippen LogP) is 4.35. The lowest BCUT2D eigenvalue weighted by Crippen LogP contribution is -2.30. The Morgan fingerprint density at radius 3 is 2.80 bits per heavy atom. The summed E-state index contributed by atoms with van der Waals surface area (Å²) in [4.78, 5) is 11.5. The summed E-state index contributed by atoms with van der Waals surface area (Å²) in [5.41, 5.74) is 2.43. The Hall–Kier alpha value is -1.76. The van der Waals surface area contributed by atoms with Gasteiger partial charge in [0.25, 0.3) is 0 Å². The van der Waals surface area contributed by atoms with Gasteiger partial charge in [0.05, 0.1) is 12.7 Å². The van der Waals surface area contributed by atoms with Gasteiger partial charge in [-0.05, 0) is 48.1 Å². The fraction of sp³-hybridized carbons (Fsp3) is 0.222. The van der Waals surface area contributed by atoms with E-state index in [-0.39, 0.29) is 5.97 Å². The van der Waals surface area contributed by atoms with Crippen molar-refractivity contribution in [3.05, 3.63) is 64.7 Å². The molecule has 0 bridgehead atoms. The highest BCUT2D eigenvalue weighted by molar-refractivity contribution is 7.98. The molecule has 0 aliphatic carbocycles. The van der Waals surface area contributed by atoms with E-state index < -0.39 is 0 Å². The lowest BCUT2D eigenvalue weighted by atomic mass is 10.2. The number of hydrogen-bond acceptors (Lipinski definition) is 4. The van der Waals surface area contributed by atoms with Crippen LogP contribution in [-0.4, -0.2) is 30.5 Å². The highest BCUT2D eigenvalue weighted by Crippen LogP contribution is 2.16. The van der Waals surface area contributed by atoms with Gasteiger partial charge in [-0.15, -0.1) is 0 Å². The number of hydrogen-bond donors (Lipinski definition) is 2. The number of thiocarbonyl (C=S) groups is 1. The van der Waals surface area contributed by atoms with Crippen molar-refractivity contribution in [3.63, 3.8) is 0 Å². The number of carbonyl (C=O) groups is 1. The molecule has 2 aromatic rings. The van der Waals surface area contributed by atoms with Crippen LogP contribution in [0.3, 0.4) is 0 Å². The molecule has 25 heavy (non-hydrogen) atoms. The van der Waals surface area contributed by atoms with E-state index in [1.807, 2.05) is 24.3 Å². The number of halogens is 1. The molecule has 0 radical (unpaired) electrons. The first-order valence-corrected chi connectivity index (χ1v) is 9.58. The van der Waals surface area contributed by atoms with E-state index in [1.165, 1.54) is 12.7 Å². The number of benzene rings is 2. The van der Waals surface area contributed by atoms with E-state index in [4.69, 9.17) is 28.6 Å². The highest BCUT2D eigenvalue weighted by Gasteiger charge is 2.06. The van der Waals surface area contributed by atoms with Crippen molar-refractivity contribution in [1.82, 2.24) is 5.32 Å². The molecule has 2 aromatic carbocycles. The molecule has 0 fully saturated rings. The molecule has 7 heteroatoms. The van der Waals surface area contributed by atoms with Crippen LogP contribution in [0.5, 0.6) is 0 Å². The monoisotopic (exact) mass is 394 g/mol. The van der Waals surface area contributed by atoms with Gasteiger partial charge in [0.2, 0.25) is 0 Å². The smallest absolute Gasteiger partial charge is 0.337 e. The Labute approximate surface area is 162 Å². The van der Waals surface area contributed by atoms with Gasteiger partial charge in [-0.25, -0.2) is 4.79 Å². The van der Waals surface area contributed by atoms with Crippen molar-refractivity contribution in [1.29, 1.82) is 0 Å². The number of ether oxygens (including phenoxy) is 1. The van der Waals surface area contributed by atoms with Gasteiger partial charge < -0.3 is 15.4 Å². The molecule has 0 saturated carbocycles. The summed E-state index contributed by atoms with van der Waals surface area (Å²) < 4.78 is 4.71. The minimum atomic E-state index is -0.375. The fourth-order valence-corrected chi connectivity index (χ4v) is 3.31. The molecule has 132 valence electrons. The first-order chi connectivity index (χ1) is 12.1. The maximum Gasteiger partial charge on any atom is 0.337 e. The van der Waals surface area contributed by atoms with E-state index in [2.05, 4.69) is 16.7 Å². The van der Waals surface area contributed by atoms with Crippen LogP contribution < -0.4 is 10.6 Å². The van der Waals surface area contributed by atoms with Gasteiger partial charge in [-0.2, -0.15) is 11.8 Å². The van der Waals surface area contributed by atoms with E-state index in [9.17, 15) is 4.79 Å². The first kappa shape index (κ1) is 19.6. The molecule has 0 heterocycles. The van der Waals surface area contributed by atoms with Crippen molar-refractivity contribution in [3.8, 4) is 0 Å². The molecule has 0 amide bonds. The second kappa shape index (κ2) is 10.3. The van der Waals surface area contributed by atoms with Crippen LogP contribution in [-0.2, 0) is 10.5 Å². The third kappa shape index (κ3) is 6.94. The van der Waals surface area contributed by atoms with Crippen molar-refractivity contribution >= 4 is 52.3 Å². The Morgan fingerprint density at radius 1 is 1.24 bits per heavy atom. The van der Waals surface area contributed by atoms with Crippen molar-refractivity contribution in [2.45, 2.75) is 5.75 Å². The standard InChI is InChI=1S/C18H19ClN2O2S2/c1-23-17(22)14-5-3-7-16(11-14)21-18(24)20-8-9-25-12-13-4-2-6-15(19)10-13/h2-7,10-11H,8-9,12H2,1H3,(H2,20,21,24). The van der Waals surface area contributed by atoms with E-state index in [0.717, 1.165) is 28.8 Å². The molecule has 2 rings (SSSR count). The average Bonchev–Trinajstić information content (AvgIpc) is 2.61. The van der Waals surface area contributed by atoms with Gasteiger partial charge in [-0.3, -0.25) is 0 Å². The fourth-order valence-electron chi connectivity index (χ4n) is 2.07. The van der Waals surface area contributed by atoms with Crippen LogP contribution in [0.15, 0.2) is 48.5 Å². The lowest BCUT2D eigenvalue weighted by Gasteiger charge is -2.11. The highest BCUT2D eigenvalue weighted by atomic mass is 35.5. The minimum absolute atomic E-state index is 0.375. The summed E-state index contributed by atoms with van der Waals surface area (Å²) in [6.45, 7) is 0.744. The Kier molecular flexibility index (Phi) is 8.04. The zero-order valence-corrected chi connectivity index (χ0v) is 16.1. The Bertz CT molecular complexity index is 741. The van der Waals surface area contributed by atoms with Crippen LogP contribution in [0.4, 0.5) is 5.69 Å². The molecule has 0 atom stereocenters. The molecule has 4 nitrogen and oxygen atoms in total.